The molecule has 8 heteroatoms. The van der Waals surface area contributed by atoms with Crippen molar-refractivity contribution in [2.45, 2.75) is 38.8 Å². The van der Waals surface area contributed by atoms with Crippen LogP contribution in [0.25, 0.3) is 11.4 Å². The third kappa shape index (κ3) is 4.69. The second-order valence-corrected chi connectivity index (χ2v) is 9.66. The Morgan fingerprint density at radius 3 is 2.64 bits per heavy atom. The molecule has 1 aliphatic rings. The van der Waals surface area contributed by atoms with Crippen molar-refractivity contribution in [2.24, 2.45) is 0 Å². The van der Waals surface area contributed by atoms with Crippen molar-refractivity contribution >= 4 is 23.4 Å². The van der Waals surface area contributed by atoms with Crippen LogP contribution in [0.4, 0.5) is 5.69 Å². The Balaban J connectivity index is 1.48. The maximum absolute atomic E-state index is 12.9. The average Bonchev–Trinajstić information content (AvgIpc) is 2.90. The van der Waals surface area contributed by atoms with Crippen molar-refractivity contribution in [3.63, 3.8) is 0 Å². The number of carbonyl (C=O) groups is 1. The summed E-state index contributed by atoms with van der Waals surface area (Å²) in [6, 6.07) is 15.5. The minimum atomic E-state index is -0.141. The predicted molar refractivity (Wildman–Crippen MR) is 141 cm³/mol. The van der Waals surface area contributed by atoms with E-state index >= 15 is 0 Å². The fourth-order valence-electron chi connectivity index (χ4n) is 4.14. The molecule has 2 N–H and O–H groups in total. The zero-order valence-corrected chi connectivity index (χ0v) is 21.1. The highest BCUT2D eigenvalue weighted by Gasteiger charge is 2.28. The molecular formula is C28H26N4O3S. The van der Waals surface area contributed by atoms with Crippen LogP contribution in [-0.4, -0.2) is 31.7 Å². The van der Waals surface area contributed by atoms with Gasteiger partial charge in [-0.1, -0.05) is 54.2 Å². The number of aromatic nitrogens is 3. The predicted octanol–water partition coefficient (Wildman–Crippen LogP) is 5.38. The molecule has 0 radical (unpaired) electrons. The Morgan fingerprint density at radius 1 is 1.06 bits per heavy atom. The van der Waals surface area contributed by atoms with E-state index in [-0.39, 0.29) is 18.3 Å². The summed E-state index contributed by atoms with van der Waals surface area (Å²) in [5, 5.41) is 13.6. The number of fused-ring (bicyclic) bond motifs is 2. The first-order valence-corrected chi connectivity index (χ1v) is 12.6. The minimum absolute atomic E-state index is 0.115. The fraction of sp³-hybridized carbons (Fsp3) is 0.214. The van der Waals surface area contributed by atoms with E-state index < -0.39 is 0 Å². The quantitative estimate of drug-likeness (QED) is 0.239. The van der Waals surface area contributed by atoms with Gasteiger partial charge in [0.15, 0.2) is 11.6 Å². The van der Waals surface area contributed by atoms with Crippen LogP contribution in [0.1, 0.15) is 33.5 Å². The third-order valence-corrected chi connectivity index (χ3v) is 7.33. The molecule has 0 bridgehead atoms. The van der Waals surface area contributed by atoms with Gasteiger partial charge in [-0.05, 0) is 38.0 Å². The molecule has 0 fully saturated rings. The van der Waals surface area contributed by atoms with Crippen LogP contribution >= 0.6 is 11.8 Å². The van der Waals surface area contributed by atoms with Gasteiger partial charge >= 0.3 is 0 Å². The van der Waals surface area contributed by atoms with Gasteiger partial charge in [0.1, 0.15) is 5.03 Å². The number of rotatable bonds is 6. The Hall–Kier alpha value is -3.75. The lowest BCUT2D eigenvalue weighted by molar-refractivity contribution is -0.113. The summed E-state index contributed by atoms with van der Waals surface area (Å²) in [5.41, 5.74) is 6.94. The number of pyridine rings is 1. The van der Waals surface area contributed by atoms with Crippen molar-refractivity contribution in [2.75, 3.05) is 11.1 Å². The van der Waals surface area contributed by atoms with E-state index in [1.807, 2.05) is 69.3 Å². The molecule has 3 heterocycles. The first-order chi connectivity index (χ1) is 17.4. The second kappa shape index (κ2) is 10.1. The molecule has 1 aliphatic heterocycles. The molecule has 0 saturated heterocycles. The average molecular weight is 499 g/mol. The summed E-state index contributed by atoms with van der Waals surface area (Å²) < 4.78 is 6.25. The topological polar surface area (TPSA) is 97.2 Å². The number of hydrogen-bond acceptors (Lipinski definition) is 7. The number of nitrogens with zero attached hydrogens (tertiary/aromatic N) is 3. The van der Waals surface area contributed by atoms with Gasteiger partial charge in [0.05, 0.1) is 23.6 Å². The zero-order chi connectivity index (χ0) is 25.2. The second-order valence-electron chi connectivity index (χ2n) is 8.70. The monoisotopic (exact) mass is 498 g/mol. The summed E-state index contributed by atoms with van der Waals surface area (Å²) in [5.74, 6) is 1.67. The Kier molecular flexibility index (Phi) is 6.71. The molecule has 2 aromatic carbocycles. The number of anilines is 1. The maximum atomic E-state index is 12.9. The smallest absolute Gasteiger partial charge is 0.234 e. The van der Waals surface area contributed by atoms with Crippen molar-refractivity contribution < 1.29 is 14.6 Å². The van der Waals surface area contributed by atoms with Crippen molar-refractivity contribution in [3.05, 3.63) is 88.2 Å². The molecule has 0 saturated carbocycles. The number of ether oxygens (including phenoxy) is 1. The van der Waals surface area contributed by atoms with Crippen LogP contribution < -0.4 is 10.1 Å². The molecule has 4 aromatic rings. The molecule has 0 unspecified atom stereocenters. The summed E-state index contributed by atoms with van der Waals surface area (Å²) in [6.45, 7) is 5.75. The molecular weight excluding hydrogens is 472 g/mol. The van der Waals surface area contributed by atoms with E-state index in [0.29, 0.717) is 34.5 Å². The van der Waals surface area contributed by atoms with Crippen LogP contribution in [0.15, 0.2) is 59.8 Å². The molecule has 0 atom stereocenters. The lowest BCUT2D eigenvalue weighted by Crippen LogP contribution is -2.16. The highest BCUT2D eigenvalue weighted by Crippen LogP contribution is 2.42. The number of aliphatic hydroxyl groups is 1. The van der Waals surface area contributed by atoms with E-state index in [0.717, 1.165) is 39.2 Å². The molecule has 1 amide bonds. The van der Waals surface area contributed by atoms with Gasteiger partial charge in [-0.15, -0.1) is 0 Å². The number of hydrogen-bond donors (Lipinski definition) is 2. The van der Waals surface area contributed by atoms with E-state index in [9.17, 15) is 9.90 Å². The number of carbonyl (C=O) groups excluding carboxylic acids is 1. The lowest BCUT2D eigenvalue weighted by Gasteiger charge is -2.24. The summed E-state index contributed by atoms with van der Waals surface area (Å²) in [7, 11) is 0. The number of amides is 1. The minimum Gasteiger partial charge on any atom is -0.436 e. The van der Waals surface area contributed by atoms with Gasteiger partial charge in [0.25, 0.3) is 0 Å². The Labute approximate surface area is 214 Å². The standard InChI is InChI=1S/C28H26N4O3S/c1-16-8-7-11-23(17(16)2)30-24(34)15-36-28-22-12-21-20(14-33)13-29-18(3)25(21)35-27(22)31-26(32-28)19-9-5-4-6-10-19/h4-11,13,33H,12,14-15H2,1-3H3,(H,30,34). The largest absolute Gasteiger partial charge is 0.436 e. The van der Waals surface area contributed by atoms with Crippen LogP contribution in [0.3, 0.4) is 0 Å². The van der Waals surface area contributed by atoms with Crippen molar-refractivity contribution in [3.8, 4) is 23.0 Å². The third-order valence-electron chi connectivity index (χ3n) is 6.31. The van der Waals surface area contributed by atoms with Gasteiger partial charge in [-0.3, -0.25) is 9.78 Å². The summed E-state index contributed by atoms with van der Waals surface area (Å²) >= 11 is 1.35. The lowest BCUT2D eigenvalue weighted by atomic mass is 9.99. The SMILES string of the molecule is Cc1cccc(NC(=O)CSc2nc(-c3ccccc3)nc3c2Cc2c(CO)cnc(C)c2O3)c1C. The van der Waals surface area contributed by atoms with Gasteiger partial charge in [-0.25, -0.2) is 4.98 Å². The van der Waals surface area contributed by atoms with Crippen LogP contribution in [0.5, 0.6) is 11.6 Å². The summed E-state index contributed by atoms with van der Waals surface area (Å²) in [6.07, 6.45) is 2.16. The number of benzene rings is 2. The van der Waals surface area contributed by atoms with Crippen LogP contribution in [0, 0.1) is 20.8 Å². The van der Waals surface area contributed by atoms with E-state index in [4.69, 9.17) is 14.7 Å². The Morgan fingerprint density at radius 2 is 1.86 bits per heavy atom. The van der Waals surface area contributed by atoms with E-state index in [1.54, 1.807) is 6.20 Å². The van der Waals surface area contributed by atoms with E-state index in [2.05, 4.69) is 10.3 Å². The number of aliphatic hydroxyl groups excluding tert-OH is 1. The molecule has 0 spiro atoms. The zero-order valence-electron chi connectivity index (χ0n) is 20.3. The van der Waals surface area contributed by atoms with E-state index in [1.165, 1.54) is 11.8 Å². The van der Waals surface area contributed by atoms with Crippen LogP contribution in [-0.2, 0) is 17.8 Å². The maximum Gasteiger partial charge on any atom is 0.234 e. The molecule has 7 nitrogen and oxygen atoms in total. The molecule has 182 valence electrons. The van der Waals surface area contributed by atoms with Gasteiger partial charge in [0.2, 0.25) is 11.8 Å². The van der Waals surface area contributed by atoms with Crippen molar-refractivity contribution in [1.29, 1.82) is 0 Å². The highest BCUT2D eigenvalue weighted by molar-refractivity contribution is 8.00. The van der Waals surface area contributed by atoms with Gasteiger partial charge in [0, 0.05) is 35.0 Å². The number of aryl methyl sites for hydroxylation is 2. The summed E-state index contributed by atoms with van der Waals surface area (Å²) in [4.78, 5) is 26.8. The van der Waals surface area contributed by atoms with Crippen molar-refractivity contribution in [1.82, 2.24) is 15.0 Å². The number of thioether (sulfide) groups is 1. The molecule has 2 aromatic heterocycles. The van der Waals surface area contributed by atoms with Gasteiger partial charge < -0.3 is 15.2 Å². The molecule has 5 rings (SSSR count). The first-order valence-electron chi connectivity index (χ1n) is 11.7. The Bertz CT molecular complexity index is 1460. The first kappa shape index (κ1) is 24.0. The van der Waals surface area contributed by atoms with Crippen LogP contribution in [0.2, 0.25) is 0 Å². The molecule has 0 aliphatic carbocycles. The van der Waals surface area contributed by atoms with Gasteiger partial charge in [-0.2, -0.15) is 4.98 Å². The highest BCUT2D eigenvalue weighted by atomic mass is 32.2. The number of nitrogens with one attached hydrogen (secondary N) is 1. The normalized spacial score (nSPS) is 11.9. The fourth-order valence-corrected chi connectivity index (χ4v) is 4.96. The molecule has 36 heavy (non-hydrogen) atoms.